The predicted octanol–water partition coefficient (Wildman–Crippen LogP) is 5.68. The number of thiocarbonyl (C=S) groups is 1. The molecule has 0 aromatic heterocycles. The zero-order chi connectivity index (χ0) is 18.8. The van der Waals surface area contributed by atoms with Crippen molar-refractivity contribution in [2.45, 2.75) is 57.2 Å². The Balaban J connectivity index is 1.60. The highest BCUT2D eigenvalue weighted by Crippen LogP contribution is 2.60. The molecule has 1 N–H and O–H groups in total. The van der Waals surface area contributed by atoms with Crippen LogP contribution in [0.4, 0.5) is 5.69 Å². The van der Waals surface area contributed by atoms with Gasteiger partial charge in [-0.25, -0.2) is 0 Å². The highest BCUT2D eigenvalue weighted by Gasteiger charge is 2.54. The molecule has 0 spiro atoms. The van der Waals surface area contributed by atoms with Gasteiger partial charge in [-0.05, 0) is 64.3 Å². The number of rotatable bonds is 2. The van der Waals surface area contributed by atoms with Crippen LogP contribution in [0.3, 0.4) is 0 Å². The third-order valence-corrected chi connectivity index (χ3v) is 6.86. The zero-order valence-corrected chi connectivity index (χ0v) is 16.9. The average Bonchev–Trinajstić information content (AvgIpc) is 2.61. The maximum atomic E-state index is 6.61. The third-order valence-electron chi connectivity index (χ3n) is 6.54. The Hall–Kier alpha value is -2.07. The van der Waals surface area contributed by atoms with E-state index in [0.717, 1.165) is 42.0 Å². The molecule has 0 radical (unpaired) electrons. The summed E-state index contributed by atoms with van der Waals surface area (Å²) < 4.78 is 13.0. The molecule has 1 fully saturated rings. The van der Waals surface area contributed by atoms with Crippen LogP contribution in [0.25, 0.3) is 0 Å². The fourth-order valence-corrected chi connectivity index (χ4v) is 5.51. The number of fused-ring (bicyclic) bond motifs is 1. The summed E-state index contributed by atoms with van der Waals surface area (Å²) in [5.41, 5.74) is 2.92. The lowest BCUT2D eigenvalue weighted by Crippen LogP contribution is -2.54. The van der Waals surface area contributed by atoms with E-state index in [1.165, 1.54) is 5.56 Å². The minimum Gasteiger partial charge on any atom is -0.487 e. The van der Waals surface area contributed by atoms with Crippen LogP contribution >= 0.6 is 12.2 Å². The van der Waals surface area contributed by atoms with Crippen molar-refractivity contribution >= 4 is 22.9 Å². The quantitative estimate of drug-likeness (QED) is 0.680. The molecule has 1 saturated carbocycles. The fraction of sp³-hybridized carbons (Fsp3) is 0.435. The molecule has 2 aliphatic heterocycles. The van der Waals surface area contributed by atoms with Crippen molar-refractivity contribution in [3.8, 4) is 11.5 Å². The topological polar surface area (TPSA) is 30.5 Å². The van der Waals surface area contributed by atoms with Crippen molar-refractivity contribution in [3.05, 3.63) is 53.6 Å². The minimum absolute atomic E-state index is 0.0524. The van der Waals surface area contributed by atoms with E-state index in [0.29, 0.717) is 16.8 Å². The van der Waals surface area contributed by atoms with Crippen LogP contribution in [-0.2, 0) is 0 Å². The van der Waals surface area contributed by atoms with Crippen molar-refractivity contribution in [1.82, 2.24) is 0 Å². The number of benzene rings is 2. The first kappa shape index (κ1) is 17.1. The Morgan fingerprint density at radius 1 is 1.07 bits per heavy atom. The summed E-state index contributed by atoms with van der Waals surface area (Å²) >= 11 is 5.76. The van der Waals surface area contributed by atoms with Gasteiger partial charge in [0.2, 0.25) is 0 Å². The Morgan fingerprint density at radius 2 is 1.85 bits per heavy atom. The first-order valence-electron chi connectivity index (χ1n) is 9.78. The van der Waals surface area contributed by atoms with Crippen LogP contribution in [0.15, 0.2) is 42.5 Å². The summed E-state index contributed by atoms with van der Waals surface area (Å²) in [5.74, 6) is 2.89. The van der Waals surface area contributed by atoms with E-state index in [1.54, 1.807) is 0 Å². The molecular formula is C23H25NO2S. The number of ether oxygens (including phenoxy) is 2. The lowest BCUT2D eigenvalue weighted by Gasteiger charge is -2.55. The second-order valence-corrected chi connectivity index (χ2v) is 9.30. The summed E-state index contributed by atoms with van der Waals surface area (Å²) in [6.07, 6.45) is 3.29. The van der Waals surface area contributed by atoms with Crippen molar-refractivity contribution in [2.75, 3.05) is 5.32 Å². The summed E-state index contributed by atoms with van der Waals surface area (Å²) in [4.78, 5) is 0.692. The monoisotopic (exact) mass is 379 g/mol. The lowest BCUT2D eigenvalue weighted by atomic mass is 9.61. The molecule has 3 atom stereocenters. The first-order chi connectivity index (χ1) is 12.9. The van der Waals surface area contributed by atoms with E-state index in [2.05, 4.69) is 32.2 Å². The molecular weight excluding hydrogens is 354 g/mol. The van der Waals surface area contributed by atoms with Gasteiger partial charge in [0.1, 0.15) is 27.7 Å². The lowest BCUT2D eigenvalue weighted by molar-refractivity contribution is -0.0727. The van der Waals surface area contributed by atoms with Gasteiger partial charge in [0, 0.05) is 23.1 Å². The summed E-state index contributed by atoms with van der Waals surface area (Å²) in [5, 5.41) is 3.36. The van der Waals surface area contributed by atoms with Crippen molar-refractivity contribution in [2.24, 2.45) is 5.92 Å². The molecule has 3 nitrogen and oxygen atoms in total. The molecule has 2 aromatic rings. The standard InChI is InChI=1S/C23H25NO2S/c1-22(2)17-11-12-23(3)13-16(17)19-18(25-23)10-9-15(20(19)26-22)21(27)24-14-7-5-4-6-8-14/h4-10,16-17H,11-13H2,1-3H3,(H,24,27)/t16?,17-,23+/m1/s1. The SMILES string of the molecule is CC1(C)Oc2c(C(=S)Nc3ccccc3)ccc3c2C2C[C@](C)(CC[C@H]21)O3. The molecule has 2 bridgehead atoms. The highest BCUT2D eigenvalue weighted by atomic mass is 32.1. The maximum absolute atomic E-state index is 6.61. The average molecular weight is 380 g/mol. The Morgan fingerprint density at radius 3 is 2.63 bits per heavy atom. The van der Waals surface area contributed by atoms with E-state index in [4.69, 9.17) is 21.7 Å². The minimum atomic E-state index is -0.202. The van der Waals surface area contributed by atoms with Gasteiger partial charge in [-0.15, -0.1) is 0 Å². The van der Waals surface area contributed by atoms with Crippen molar-refractivity contribution in [3.63, 3.8) is 0 Å². The van der Waals surface area contributed by atoms with E-state index in [-0.39, 0.29) is 11.2 Å². The largest absolute Gasteiger partial charge is 0.487 e. The molecule has 5 rings (SSSR count). The molecule has 2 aromatic carbocycles. The number of nitrogens with one attached hydrogen (secondary N) is 1. The van der Waals surface area contributed by atoms with Gasteiger partial charge >= 0.3 is 0 Å². The van der Waals surface area contributed by atoms with Crippen LogP contribution in [0.1, 0.15) is 57.1 Å². The second kappa shape index (κ2) is 5.71. The molecule has 0 saturated heterocycles. The van der Waals surface area contributed by atoms with Gasteiger partial charge in [-0.1, -0.05) is 30.4 Å². The van der Waals surface area contributed by atoms with Crippen LogP contribution in [0, 0.1) is 5.92 Å². The molecule has 0 amide bonds. The van der Waals surface area contributed by atoms with Crippen LogP contribution in [-0.4, -0.2) is 16.2 Å². The zero-order valence-electron chi connectivity index (χ0n) is 16.0. The van der Waals surface area contributed by atoms with E-state index in [1.807, 2.05) is 36.4 Å². The van der Waals surface area contributed by atoms with Gasteiger partial charge in [0.15, 0.2) is 0 Å². The number of hydrogen-bond acceptors (Lipinski definition) is 3. The van der Waals surface area contributed by atoms with Gasteiger partial charge in [0.25, 0.3) is 0 Å². The van der Waals surface area contributed by atoms with Crippen LogP contribution in [0.5, 0.6) is 11.5 Å². The van der Waals surface area contributed by atoms with E-state index < -0.39 is 0 Å². The van der Waals surface area contributed by atoms with Gasteiger partial charge in [0.05, 0.1) is 5.56 Å². The Bertz CT molecular complexity index is 923. The molecule has 140 valence electrons. The van der Waals surface area contributed by atoms with Gasteiger partial charge in [-0.3, -0.25) is 0 Å². The number of hydrogen-bond donors (Lipinski definition) is 1. The first-order valence-corrected chi connectivity index (χ1v) is 10.2. The second-order valence-electron chi connectivity index (χ2n) is 8.89. The number of anilines is 1. The summed E-state index contributed by atoms with van der Waals surface area (Å²) in [7, 11) is 0. The van der Waals surface area contributed by atoms with E-state index in [9.17, 15) is 0 Å². The molecule has 4 heteroatoms. The maximum Gasteiger partial charge on any atom is 0.137 e. The summed E-state index contributed by atoms with van der Waals surface area (Å²) in [6, 6.07) is 14.2. The molecule has 2 heterocycles. The summed E-state index contributed by atoms with van der Waals surface area (Å²) in [6.45, 7) is 6.70. The molecule has 1 unspecified atom stereocenters. The smallest absolute Gasteiger partial charge is 0.137 e. The molecule has 1 aliphatic carbocycles. The third kappa shape index (κ3) is 2.65. The highest BCUT2D eigenvalue weighted by molar-refractivity contribution is 7.81. The van der Waals surface area contributed by atoms with Crippen LogP contribution < -0.4 is 14.8 Å². The van der Waals surface area contributed by atoms with E-state index >= 15 is 0 Å². The van der Waals surface area contributed by atoms with Gasteiger partial charge in [-0.2, -0.15) is 0 Å². The Labute approximate surface area is 166 Å². The van der Waals surface area contributed by atoms with Crippen molar-refractivity contribution < 1.29 is 9.47 Å². The molecule has 3 aliphatic rings. The Kier molecular flexibility index (Phi) is 3.61. The molecule has 27 heavy (non-hydrogen) atoms. The normalized spacial score (nSPS) is 29.3. The number of para-hydroxylation sites is 1. The van der Waals surface area contributed by atoms with Crippen LogP contribution in [0.2, 0.25) is 0 Å². The van der Waals surface area contributed by atoms with Crippen molar-refractivity contribution in [1.29, 1.82) is 0 Å². The fourth-order valence-electron chi connectivity index (χ4n) is 5.23. The predicted molar refractivity (Wildman–Crippen MR) is 112 cm³/mol. The van der Waals surface area contributed by atoms with Gasteiger partial charge < -0.3 is 14.8 Å².